The average molecular weight is 93.1 g/mol. The van der Waals surface area contributed by atoms with Crippen molar-refractivity contribution in [1.82, 2.24) is 16.3 Å². The zero-order valence-corrected chi connectivity index (χ0v) is 3.34. The Morgan fingerprint density at radius 3 is 2.17 bits per heavy atom. The van der Waals surface area contributed by atoms with Crippen molar-refractivity contribution in [3.63, 3.8) is 0 Å². The molecule has 0 bridgehead atoms. The van der Waals surface area contributed by atoms with Gasteiger partial charge in [0.1, 0.15) is 0 Å². The molecule has 0 aliphatic heterocycles. The molecule has 0 rings (SSSR count). The summed E-state index contributed by atoms with van der Waals surface area (Å²) in [5, 5.41) is 16.3. The molecule has 0 saturated carbocycles. The molecule has 4 N–H and O–H groups in total. The van der Waals surface area contributed by atoms with E-state index in [0.29, 0.717) is 5.17 Å². The molecule has 0 atom stereocenters. The minimum Gasteiger partial charge on any atom is -0.301 e. The SMILES string of the molecule is CN(O)NNO. The Morgan fingerprint density at radius 1 is 1.67 bits per heavy atom. The standard InChI is InChI=1S/CH7N3O2/c1-4(6)2-3-5/h2-3,5-6H,1H3. The summed E-state index contributed by atoms with van der Waals surface area (Å²) in [5.41, 5.74) is 3.40. The van der Waals surface area contributed by atoms with Crippen molar-refractivity contribution in [1.29, 1.82) is 0 Å². The van der Waals surface area contributed by atoms with Crippen LogP contribution in [0.15, 0.2) is 0 Å². The van der Waals surface area contributed by atoms with Crippen molar-refractivity contribution in [3.05, 3.63) is 0 Å². The van der Waals surface area contributed by atoms with Crippen LogP contribution in [-0.4, -0.2) is 22.6 Å². The first-order valence-electron chi connectivity index (χ1n) is 1.34. The van der Waals surface area contributed by atoms with Crippen LogP contribution >= 0.6 is 0 Å². The third-order valence-corrected chi connectivity index (χ3v) is 0.212. The number of nitrogens with one attached hydrogen (secondary N) is 2. The van der Waals surface area contributed by atoms with Crippen LogP contribution in [0.2, 0.25) is 0 Å². The Kier molecular flexibility index (Phi) is 2.91. The highest BCUT2D eigenvalue weighted by atomic mass is 16.6. The van der Waals surface area contributed by atoms with Crippen molar-refractivity contribution < 1.29 is 10.4 Å². The second kappa shape index (κ2) is 3.01. The lowest BCUT2D eigenvalue weighted by Crippen LogP contribution is -2.40. The van der Waals surface area contributed by atoms with E-state index < -0.39 is 0 Å². The van der Waals surface area contributed by atoms with Crippen LogP contribution in [-0.2, 0) is 0 Å². The van der Waals surface area contributed by atoms with Gasteiger partial charge in [-0.05, 0) is 0 Å². The summed E-state index contributed by atoms with van der Waals surface area (Å²) in [7, 11) is 1.31. The van der Waals surface area contributed by atoms with Gasteiger partial charge in [0, 0.05) is 7.05 Å². The molecule has 0 heterocycles. The van der Waals surface area contributed by atoms with E-state index in [2.05, 4.69) is 0 Å². The zero-order valence-electron chi connectivity index (χ0n) is 3.34. The molecule has 0 unspecified atom stereocenters. The number of rotatable bonds is 2. The van der Waals surface area contributed by atoms with Crippen LogP contribution < -0.4 is 11.1 Å². The third-order valence-electron chi connectivity index (χ3n) is 0.212. The average Bonchev–Trinajstić information content (AvgIpc) is 1.35. The molecule has 6 heavy (non-hydrogen) atoms. The second-order valence-corrected chi connectivity index (χ2v) is 0.747. The number of hydrazine groups is 2. The van der Waals surface area contributed by atoms with Gasteiger partial charge >= 0.3 is 0 Å². The summed E-state index contributed by atoms with van der Waals surface area (Å²) in [6.45, 7) is 0. The maximum absolute atomic E-state index is 8.05. The van der Waals surface area contributed by atoms with Crippen LogP contribution in [0.4, 0.5) is 0 Å². The van der Waals surface area contributed by atoms with Gasteiger partial charge in [-0.25, -0.2) is 0 Å². The van der Waals surface area contributed by atoms with Gasteiger partial charge in [0.15, 0.2) is 0 Å². The fraction of sp³-hybridized carbons (Fsp3) is 1.00. The summed E-state index contributed by atoms with van der Waals surface area (Å²) in [6, 6.07) is 0. The van der Waals surface area contributed by atoms with Gasteiger partial charge in [-0.15, -0.1) is 16.3 Å². The molecule has 0 spiro atoms. The van der Waals surface area contributed by atoms with Gasteiger partial charge in [0.2, 0.25) is 0 Å². The first kappa shape index (κ1) is 5.80. The monoisotopic (exact) mass is 93.1 g/mol. The van der Waals surface area contributed by atoms with E-state index in [9.17, 15) is 0 Å². The number of hydroxylamine groups is 1. The van der Waals surface area contributed by atoms with Crippen LogP contribution in [0, 0.1) is 0 Å². The molecular formula is CH7N3O2. The highest BCUT2D eigenvalue weighted by Gasteiger charge is 1.77. The molecule has 0 aromatic carbocycles. The minimum atomic E-state index is 0.569. The predicted molar refractivity (Wildman–Crippen MR) is 17.6 cm³/mol. The topological polar surface area (TPSA) is 67.8 Å². The zero-order chi connectivity index (χ0) is 4.99. The van der Waals surface area contributed by atoms with E-state index in [4.69, 9.17) is 10.4 Å². The summed E-state index contributed by atoms with van der Waals surface area (Å²) in [4.78, 5) is 0. The van der Waals surface area contributed by atoms with Crippen molar-refractivity contribution in [3.8, 4) is 0 Å². The van der Waals surface area contributed by atoms with Gasteiger partial charge in [-0.2, -0.15) is 0 Å². The maximum atomic E-state index is 8.05. The Bertz CT molecular complexity index is 30.0. The lowest BCUT2D eigenvalue weighted by Gasteiger charge is -2.04. The lowest BCUT2D eigenvalue weighted by atomic mass is 11.5. The van der Waals surface area contributed by atoms with E-state index in [-0.39, 0.29) is 0 Å². The van der Waals surface area contributed by atoms with Crippen molar-refractivity contribution in [2.75, 3.05) is 7.05 Å². The molecule has 5 heteroatoms. The molecular weight excluding hydrogens is 86.0 g/mol. The van der Waals surface area contributed by atoms with Crippen molar-refractivity contribution >= 4 is 0 Å². The van der Waals surface area contributed by atoms with E-state index in [1.165, 1.54) is 12.6 Å². The summed E-state index contributed by atoms with van der Waals surface area (Å²) >= 11 is 0. The van der Waals surface area contributed by atoms with Crippen molar-refractivity contribution in [2.24, 2.45) is 0 Å². The molecule has 0 saturated heterocycles. The summed E-state index contributed by atoms with van der Waals surface area (Å²) < 4.78 is 0. The molecule has 0 aliphatic rings. The molecule has 0 aliphatic carbocycles. The van der Waals surface area contributed by atoms with Gasteiger partial charge < -0.3 is 5.21 Å². The van der Waals surface area contributed by atoms with Crippen molar-refractivity contribution in [2.45, 2.75) is 0 Å². The van der Waals surface area contributed by atoms with Gasteiger partial charge in [0.05, 0.1) is 0 Å². The van der Waals surface area contributed by atoms with E-state index in [0.717, 1.165) is 0 Å². The molecule has 5 nitrogen and oxygen atoms in total. The Morgan fingerprint density at radius 2 is 2.17 bits per heavy atom. The van der Waals surface area contributed by atoms with Gasteiger partial charge in [0.25, 0.3) is 0 Å². The van der Waals surface area contributed by atoms with E-state index in [1.807, 2.05) is 5.53 Å². The number of hydrogen-bond acceptors (Lipinski definition) is 5. The normalized spacial score (nSPS) is 10.0. The third kappa shape index (κ3) is 3.80. The first-order chi connectivity index (χ1) is 2.77. The van der Waals surface area contributed by atoms with Crippen LogP contribution in [0.3, 0.4) is 0 Å². The molecule has 0 radical (unpaired) electrons. The second-order valence-electron chi connectivity index (χ2n) is 0.747. The smallest absolute Gasteiger partial charge is 0.0300 e. The highest BCUT2D eigenvalue weighted by molar-refractivity contribution is 3.94. The van der Waals surface area contributed by atoms with E-state index in [1.54, 1.807) is 0 Å². The molecule has 0 fully saturated rings. The Hall–Kier alpha value is -0.200. The number of hydrogen-bond donors (Lipinski definition) is 4. The largest absolute Gasteiger partial charge is 0.301 e. The van der Waals surface area contributed by atoms with Gasteiger partial charge in [-0.1, -0.05) is 0 Å². The fourth-order valence-electron chi connectivity index (χ4n) is 0.0724. The minimum absolute atomic E-state index is 0.569. The van der Waals surface area contributed by atoms with Crippen LogP contribution in [0.25, 0.3) is 0 Å². The quantitative estimate of drug-likeness (QED) is 0.320. The maximum Gasteiger partial charge on any atom is 0.0300 e. The first-order valence-corrected chi connectivity index (χ1v) is 1.34. The summed E-state index contributed by atoms with van der Waals surface area (Å²) in [6.07, 6.45) is 0. The Labute approximate surface area is 35.0 Å². The van der Waals surface area contributed by atoms with Crippen LogP contribution in [0.1, 0.15) is 0 Å². The molecule has 0 aromatic heterocycles. The summed E-state index contributed by atoms with van der Waals surface area (Å²) in [5.74, 6) is 0. The van der Waals surface area contributed by atoms with E-state index >= 15 is 0 Å². The lowest BCUT2D eigenvalue weighted by molar-refractivity contribution is -0.158. The molecule has 0 aromatic rings. The Balaban J connectivity index is 2.63. The fourth-order valence-corrected chi connectivity index (χ4v) is 0.0724. The highest BCUT2D eigenvalue weighted by Crippen LogP contribution is 1.48. The number of nitrogens with zero attached hydrogens (tertiary/aromatic N) is 1. The predicted octanol–water partition coefficient (Wildman–Crippen LogP) is -1.29. The van der Waals surface area contributed by atoms with Gasteiger partial charge in [-0.3, -0.25) is 5.21 Å². The molecule has 38 valence electrons. The molecule has 0 amide bonds. The van der Waals surface area contributed by atoms with Crippen LogP contribution in [0.5, 0.6) is 0 Å².